The molecule has 0 N–H and O–H groups in total. The second-order valence-electron chi connectivity index (χ2n) is 3.56. The van der Waals surface area contributed by atoms with Gasteiger partial charge in [-0.05, 0) is 11.8 Å². The van der Waals surface area contributed by atoms with Crippen molar-refractivity contribution in [3.05, 3.63) is 0 Å². The molecule has 0 radical (unpaired) electrons. The fraction of sp³-hybridized carbons (Fsp3) is 1.00. The lowest BCUT2D eigenvalue weighted by molar-refractivity contribution is 0.0780. The lowest BCUT2D eigenvalue weighted by Crippen LogP contribution is -2.10. The summed E-state index contributed by atoms with van der Waals surface area (Å²) in [6, 6.07) is 0. The normalized spacial score (nSPS) is 16.4. The van der Waals surface area contributed by atoms with E-state index in [0.29, 0.717) is 0 Å². The molecule has 0 rings (SSSR count). The van der Waals surface area contributed by atoms with E-state index in [0.717, 1.165) is 25.0 Å². The van der Waals surface area contributed by atoms with Crippen LogP contribution >= 0.6 is 0 Å². The van der Waals surface area contributed by atoms with Gasteiger partial charge in [0.2, 0.25) is 0 Å². The van der Waals surface area contributed by atoms with Gasteiger partial charge in [0, 0.05) is 13.2 Å². The summed E-state index contributed by atoms with van der Waals surface area (Å²) in [6.07, 6.45) is 2.45. The van der Waals surface area contributed by atoms with Crippen LogP contribution in [0, 0.1) is 11.8 Å². The number of hydrogen-bond acceptors (Lipinski definition) is 1. The van der Waals surface area contributed by atoms with E-state index in [9.17, 15) is 0 Å². The third kappa shape index (κ3) is 6.36. The molecule has 0 aliphatic heterocycles. The van der Waals surface area contributed by atoms with Crippen molar-refractivity contribution in [3.63, 3.8) is 0 Å². The van der Waals surface area contributed by atoms with E-state index in [1.165, 1.54) is 12.8 Å². The summed E-state index contributed by atoms with van der Waals surface area (Å²) in [4.78, 5) is 0. The molecule has 0 saturated carbocycles. The lowest BCUT2D eigenvalue weighted by Gasteiger charge is -2.12. The first-order valence-corrected chi connectivity index (χ1v) is 4.78. The van der Waals surface area contributed by atoms with Crippen molar-refractivity contribution in [2.75, 3.05) is 13.2 Å². The van der Waals surface area contributed by atoms with Crippen LogP contribution in [0.3, 0.4) is 0 Å². The van der Waals surface area contributed by atoms with Crippen LogP contribution in [0.1, 0.15) is 40.5 Å². The van der Waals surface area contributed by atoms with Gasteiger partial charge >= 0.3 is 0 Å². The maximum Gasteiger partial charge on any atom is 0.0491 e. The minimum absolute atomic E-state index is 0.721. The molecule has 1 heteroatoms. The highest BCUT2D eigenvalue weighted by molar-refractivity contribution is 4.49. The third-order valence-electron chi connectivity index (χ3n) is 2.20. The second-order valence-corrected chi connectivity index (χ2v) is 3.56. The minimum Gasteiger partial charge on any atom is -0.381 e. The number of hydrogen-bond donors (Lipinski definition) is 0. The molecule has 68 valence electrons. The van der Waals surface area contributed by atoms with Crippen molar-refractivity contribution in [2.24, 2.45) is 11.8 Å². The van der Waals surface area contributed by atoms with E-state index in [-0.39, 0.29) is 0 Å². The molecule has 0 aromatic carbocycles. The number of rotatable bonds is 6. The largest absolute Gasteiger partial charge is 0.381 e. The van der Waals surface area contributed by atoms with E-state index in [1.54, 1.807) is 0 Å². The Morgan fingerprint density at radius 3 is 1.55 bits per heavy atom. The molecule has 0 amide bonds. The van der Waals surface area contributed by atoms with Gasteiger partial charge in [0.25, 0.3) is 0 Å². The number of ether oxygens (including phenoxy) is 1. The summed E-state index contributed by atoms with van der Waals surface area (Å²) in [5, 5.41) is 0. The highest BCUT2D eigenvalue weighted by Gasteiger charge is 2.01. The molecular weight excluding hydrogens is 136 g/mol. The Kier molecular flexibility index (Phi) is 6.63. The monoisotopic (exact) mass is 158 g/mol. The van der Waals surface area contributed by atoms with Gasteiger partial charge in [-0.25, -0.2) is 0 Å². The summed E-state index contributed by atoms with van der Waals surface area (Å²) < 4.78 is 5.54. The van der Waals surface area contributed by atoms with Crippen molar-refractivity contribution in [1.29, 1.82) is 0 Å². The van der Waals surface area contributed by atoms with Crippen LogP contribution in [0.15, 0.2) is 0 Å². The maximum atomic E-state index is 5.54. The van der Waals surface area contributed by atoms with E-state index < -0.39 is 0 Å². The summed E-state index contributed by atoms with van der Waals surface area (Å²) in [5.74, 6) is 1.44. The molecule has 0 aromatic heterocycles. The van der Waals surface area contributed by atoms with Crippen LogP contribution in [0.4, 0.5) is 0 Å². The highest BCUT2D eigenvalue weighted by atomic mass is 16.5. The topological polar surface area (TPSA) is 9.23 Å². The van der Waals surface area contributed by atoms with Crippen LogP contribution in [-0.4, -0.2) is 13.2 Å². The predicted molar refractivity (Wildman–Crippen MR) is 49.7 cm³/mol. The van der Waals surface area contributed by atoms with Crippen LogP contribution in [0.25, 0.3) is 0 Å². The zero-order valence-corrected chi connectivity index (χ0v) is 8.39. The van der Waals surface area contributed by atoms with E-state index in [2.05, 4.69) is 27.7 Å². The first-order valence-electron chi connectivity index (χ1n) is 4.78. The van der Waals surface area contributed by atoms with E-state index >= 15 is 0 Å². The molecule has 1 nitrogen and oxygen atoms in total. The minimum atomic E-state index is 0.721. The average molecular weight is 158 g/mol. The van der Waals surface area contributed by atoms with E-state index in [1.807, 2.05) is 0 Å². The molecule has 0 aliphatic carbocycles. The predicted octanol–water partition coefficient (Wildman–Crippen LogP) is 3.10. The Balaban J connectivity index is 3.13. The SMILES string of the molecule is CC[C@H](C)COC[C@@H](C)CC. The third-order valence-corrected chi connectivity index (χ3v) is 2.20. The maximum absolute atomic E-state index is 5.54. The van der Waals surface area contributed by atoms with Crippen molar-refractivity contribution in [2.45, 2.75) is 40.5 Å². The van der Waals surface area contributed by atoms with Crippen LogP contribution in [0.2, 0.25) is 0 Å². The first-order chi connectivity index (χ1) is 5.20. The van der Waals surface area contributed by atoms with Crippen LogP contribution < -0.4 is 0 Å². The van der Waals surface area contributed by atoms with Gasteiger partial charge in [-0.15, -0.1) is 0 Å². The Bertz CT molecular complexity index is 70.9. The molecule has 0 spiro atoms. The molecule has 0 heterocycles. The lowest BCUT2D eigenvalue weighted by atomic mass is 10.1. The van der Waals surface area contributed by atoms with Crippen molar-refractivity contribution < 1.29 is 4.74 Å². The average Bonchev–Trinajstić information content (AvgIpc) is 2.04. The van der Waals surface area contributed by atoms with Gasteiger partial charge in [0.05, 0.1) is 0 Å². The molecule has 0 unspecified atom stereocenters. The molecule has 0 saturated heterocycles. The standard InChI is InChI=1S/C10H22O/c1-5-9(3)7-11-8-10(4)6-2/h9-10H,5-8H2,1-4H3/t9-,10-/m0/s1. The van der Waals surface area contributed by atoms with Gasteiger partial charge in [-0.2, -0.15) is 0 Å². The van der Waals surface area contributed by atoms with Crippen molar-refractivity contribution >= 4 is 0 Å². The molecule has 0 aliphatic rings. The molecule has 0 bridgehead atoms. The molecule has 11 heavy (non-hydrogen) atoms. The zero-order chi connectivity index (χ0) is 8.69. The van der Waals surface area contributed by atoms with Crippen LogP contribution in [-0.2, 0) is 4.74 Å². The fourth-order valence-corrected chi connectivity index (χ4v) is 0.706. The van der Waals surface area contributed by atoms with Crippen molar-refractivity contribution in [1.82, 2.24) is 0 Å². The summed E-state index contributed by atoms with van der Waals surface area (Å²) in [5.41, 5.74) is 0. The summed E-state index contributed by atoms with van der Waals surface area (Å²) in [7, 11) is 0. The van der Waals surface area contributed by atoms with Crippen molar-refractivity contribution in [3.8, 4) is 0 Å². The van der Waals surface area contributed by atoms with Gasteiger partial charge < -0.3 is 4.74 Å². The molecular formula is C10H22O. The molecule has 2 atom stereocenters. The Morgan fingerprint density at radius 2 is 1.27 bits per heavy atom. The first kappa shape index (κ1) is 11.0. The van der Waals surface area contributed by atoms with Gasteiger partial charge in [-0.3, -0.25) is 0 Å². The highest BCUT2D eigenvalue weighted by Crippen LogP contribution is 2.04. The Morgan fingerprint density at radius 1 is 0.909 bits per heavy atom. The Hall–Kier alpha value is -0.0400. The van der Waals surface area contributed by atoms with E-state index in [4.69, 9.17) is 4.74 Å². The quantitative estimate of drug-likeness (QED) is 0.577. The van der Waals surface area contributed by atoms with Gasteiger partial charge in [0.15, 0.2) is 0 Å². The summed E-state index contributed by atoms with van der Waals surface area (Å²) >= 11 is 0. The fourth-order valence-electron chi connectivity index (χ4n) is 0.706. The zero-order valence-electron chi connectivity index (χ0n) is 8.39. The smallest absolute Gasteiger partial charge is 0.0491 e. The summed E-state index contributed by atoms with van der Waals surface area (Å²) in [6.45, 7) is 10.7. The van der Waals surface area contributed by atoms with Crippen LogP contribution in [0.5, 0.6) is 0 Å². The second kappa shape index (κ2) is 6.66. The molecule has 0 fully saturated rings. The van der Waals surface area contributed by atoms with Gasteiger partial charge in [-0.1, -0.05) is 40.5 Å². The van der Waals surface area contributed by atoms with Gasteiger partial charge in [0.1, 0.15) is 0 Å². The Labute approximate surface area is 71.1 Å². The molecule has 0 aromatic rings.